The average Bonchev–Trinajstić information content (AvgIpc) is 3.56. The fourth-order valence-electron chi connectivity index (χ4n) is 6.29. The van der Waals surface area contributed by atoms with Gasteiger partial charge >= 0.3 is 6.03 Å². The number of ether oxygens (including phenoxy) is 1. The van der Waals surface area contributed by atoms with Crippen LogP contribution < -0.4 is 15.4 Å². The molecule has 2 aliphatic rings. The van der Waals surface area contributed by atoms with Gasteiger partial charge in [0.25, 0.3) is 0 Å². The van der Waals surface area contributed by atoms with Gasteiger partial charge in [0.15, 0.2) is 11.5 Å². The van der Waals surface area contributed by atoms with E-state index in [2.05, 4.69) is 87.0 Å². The van der Waals surface area contributed by atoms with Crippen LogP contribution in [0.2, 0.25) is 0 Å². The molecule has 226 valence electrons. The molecule has 1 saturated heterocycles. The Hall–Kier alpha value is -4.05. The van der Waals surface area contributed by atoms with E-state index in [1.807, 2.05) is 43.5 Å². The van der Waals surface area contributed by atoms with Gasteiger partial charge in [-0.25, -0.2) is 14.8 Å². The van der Waals surface area contributed by atoms with Crippen molar-refractivity contribution in [1.29, 1.82) is 0 Å². The van der Waals surface area contributed by atoms with E-state index in [-0.39, 0.29) is 29.1 Å². The number of carbonyl (C=O) groups is 1. The maximum atomic E-state index is 13.2. The van der Waals surface area contributed by atoms with Gasteiger partial charge in [-0.05, 0) is 69.5 Å². The molecule has 0 spiro atoms. The van der Waals surface area contributed by atoms with Crippen molar-refractivity contribution in [3.05, 3.63) is 77.1 Å². The number of nitrogens with one attached hydrogen (secondary N) is 2. The normalized spacial score (nSPS) is 22.4. The number of fused-ring (bicyclic) bond motifs is 2. The Morgan fingerprint density at radius 2 is 1.88 bits per heavy atom. The Morgan fingerprint density at radius 1 is 1.09 bits per heavy atom. The molecule has 2 amide bonds. The number of benzene rings is 1. The van der Waals surface area contributed by atoms with Gasteiger partial charge in [-0.2, -0.15) is 0 Å². The summed E-state index contributed by atoms with van der Waals surface area (Å²) in [6.07, 6.45) is 6.26. The first kappa shape index (κ1) is 29.0. The number of likely N-dealkylation sites (tertiary alicyclic amines) is 1. The predicted octanol–water partition coefficient (Wildman–Crippen LogP) is 6.10. The third-order valence-electron chi connectivity index (χ3n) is 8.97. The molecule has 0 unspecified atom stereocenters. The summed E-state index contributed by atoms with van der Waals surface area (Å²) < 4.78 is 8.69. The summed E-state index contributed by atoms with van der Waals surface area (Å²) in [5, 5.41) is 15.2. The monoisotopic (exact) mass is 582 g/mol. The van der Waals surface area contributed by atoms with Crippen molar-refractivity contribution in [2.75, 3.05) is 18.9 Å². The van der Waals surface area contributed by atoms with E-state index < -0.39 is 0 Å². The third kappa shape index (κ3) is 5.68. The maximum absolute atomic E-state index is 13.2. The maximum Gasteiger partial charge on any atom is 0.320 e. The highest BCUT2D eigenvalue weighted by Crippen LogP contribution is 2.40. The van der Waals surface area contributed by atoms with Gasteiger partial charge in [0.05, 0.1) is 23.5 Å². The van der Waals surface area contributed by atoms with Crippen molar-refractivity contribution >= 4 is 17.5 Å². The summed E-state index contributed by atoms with van der Waals surface area (Å²) in [6, 6.07) is 13.6. The van der Waals surface area contributed by atoms with Crippen molar-refractivity contribution < 1.29 is 9.53 Å². The van der Waals surface area contributed by atoms with Crippen molar-refractivity contribution in [1.82, 2.24) is 34.8 Å². The molecule has 10 nitrogen and oxygen atoms in total. The second-order valence-electron chi connectivity index (χ2n) is 13.0. The molecule has 4 heterocycles. The van der Waals surface area contributed by atoms with Crippen molar-refractivity contribution in [2.24, 2.45) is 0 Å². The van der Waals surface area contributed by atoms with Gasteiger partial charge in [-0.3, -0.25) is 14.6 Å². The first-order chi connectivity index (χ1) is 20.5. The van der Waals surface area contributed by atoms with E-state index in [0.29, 0.717) is 18.1 Å². The summed E-state index contributed by atoms with van der Waals surface area (Å²) >= 11 is 0. The van der Waals surface area contributed by atoms with Gasteiger partial charge in [0, 0.05) is 17.9 Å². The predicted molar refractivity (Wildman–Crippen MR) is 166 cm³/mol. The smallest absolute Gasteiger partial charge is 0.320 e. The number of anilines is 1. The topological polar surface area (TPSA) is 110 Å². The highest BCUT2D eigenvalue weighted by atomic mass is 16.5. The summed E-state index contributed by atoms with van der Waals surface area (Å²) in [7, 11) is 2.15. The molecule has 1 fully saturated rings. The lowest BCUT2D eigenvalue weighted by atomic mass is 9.85. The quantitative estimate of drug-likeness (QED) is 0.283. The third-order valence-corrected chi connectivity index (χ3v) is 8.97. The number of amides is 2. The van der Waals surface area contributed by atoms with Crippen molar-refractivity contribution in [2.45, 2.75) is 89.8 Å². The molecule has 2 N–H and O–H groups in total. The number of aromatic nitrogens is 5. The summed E-state index contributed by atoms with van der Waals surface area (Å²) in [5.41, 5.74) is 3.55. The molecule has 1 aliphatic carbocycles. The zero-order valence-electron chi connectivity index (χ0n) is 26.0. The van der Waals surface area contributed by atoms with E-state index in [0.717, 1.165) is 66.3 Å². The van der Waals surface area contributed by atoms with E-state index >= 15 is 0 Å². The Morgan fingerprint density at radius 3 is 2.60 bits per heavy atom. The zero-order chi connectivity index (χ0) is 30.4. The van der Waals surface area contributed by atoms with Crippen LogP contribution in [-0.4, -0.2) is 49.1 Å². The molecular weight excluding hydrogens is 540 g/mol. The van der Waals surface area contributed by atoms with Crippen LogP contribution in [0.3, 0.4) is 0 Å². The van der Waals surface area contributed by atoms with Crippen LogP contribution >= 0.6 is 0 Å². The summed E-state index contributed by atoms with van der Waals surface area (Å²) in [6.45, 7) is 11.6. The summed E-state index contributed by atoms with van der Waals surface area (Å²) in [4.78, 5) is 24.7. The van der Waals surface area contributed by atoms with Gasteiger partial charge in [-0.15, -0.1) is 10.2 Å². The number of carbonyl (C=O) groups excluding carboxylic acids is 1. The van der Waals surface area contributed by atoms with E-state index in [1.54, 1.807) is 0 Å². The van der Waals surface area contributed by atoms with Crippen LogP contribution in [0, 0.1) is 0 Å². The standard InChI is InChI=1S/C33H42N8O2/c1-7-27-35-26(32(2,3)4)19-28(36-27)37-31(42)34-24-14-15-25(23-12-9-8-11-22(23)24)43-21-13-16-29-38-39-30(41(29)20-21)33(5)17-10-18-40(33)6/h8-9,11-13,16,19-20,24-25H,7,10,14-15,17-18H2,1-6H3,(H2,34,35,36,37,42)/t24-,25+,33-/m0/s1. The van der Waals surface area contributed by atoms with Gasteiger partial charge in [0.1, 0.15) is 23.5 Å². The van der Waals surface area contributed by atoms with Crippen LogP contribution in [-0.2, 0) is 17.4 Å². The molecule has 1 aliphatic heterocycles. The Kier molecular flexibility index (Phi) is 7.58. The Bertz CT molecular complexity index is 1640. The second-order valence-corrected chi connectivity index (χ2v) is 13.0. The minimum atomic E-state index is -0.282. The lowest BCUT2D eigenvalue weighted by Crippen LogP contribution is -2.37. The lowest BCUT2D eigenvalue weighted by molar-refractivity contribution is 0.170. The minimum Gasteiger partial charge on any atom is -0.484 e. The zero-order valence-corrected chi connectivity index (χ0v) is 26.0. The molecule has 10 heteroatoms. The molecule has 0 radical (unpaired) electrons. The second kappa shape index (κ2) is 11.2. The number of pyridine rings is 1. The molecule has 3 atom stereocenters. The number of hydrogen-bond acceptors (Lipinski definition) is 7. The largest absolute Gasteiger partial charge is 0.484 e. The molecule has 0 bridgehead atoms. The fourth-order valence-corrected chi connectivity index (χ4v) is 6.29. The minimum absolute atomic E-state index is 0.136. The van der Waals surface area contributed by atoms with E-state index in [1.165, 1.54) is 0 Å². The Balaban J connectivity index is 1.19. The molecule has 0 saturated carbocycles. The molecule has 1 aromatic carbocycles. The van der Waals surface area contributed by atoms with E-state index in [9.17, 15) is 4.79 Å². The highest BCUT2D eigenvalue weighted by molar-refractivity contribution is 5.88. The molecule has 3 aromatic heterocycles. The average molecular weight is 583 g/mol. The highest BCUT2D eigenvalue weighted by Gasteiger charge is 2.40. The van der Waals surface area contributed by atoms with Crippen LogP contribution in [0.5, 0.6) is 5.75 Å². The van der Waals surface area contributed by atoms with Crippen LogP contribution in [0.15, 0.2) is 48.7 Å². The number of urea groups is 1. The lowest BCUT2D eigenvalue weighted by Gasteiger charge is -2.32. The number of rotatable bonds is 6. The van der Waals surface area contributed by atoms with Crippen LogP contribution in [0.25, 0.3) is 5.65 Å². The molecular formula is C33H42N8O2. The van der Waals surface area contributed by atoms with Crippen molar-refractivity contribution in [3.8, 4) is 5.75 Å². The first-order valence-electron chi connectivity index (χ1n) is 15.3. The molecule has 6 rings (SSSR count). The fraction of sp³-hybridized carbons (Fsp3) is 0.485. The molecule has 4 aromatic rings. The number of nitrogens with zero attached hydrogens (tertiary/aromatic N) is 6. The van der Waals surface area contributed by atoms with Crippen LogP contribution in [0.1, 0.15) is 101 Å². The van der Waals surface area contributed by atoms with Crippen molar-refractivity contribution in [3.63, 3.8) is 0 Å². The first-order valence-corrected chi connectivity index (χ1v) is 15.3. The molecule has 43 heavy (non-hydrogen) atoms. The number of aryl methyl sites for hydroxylation is 1. The van der Waals surface area contributed by atoms with Crippen LogP contribution in [0.4, 0.5) is 10.6 Å². The van der Waals surface area contributed by atoms with Gasteiger partial charge in [-0.1, -0.05) is 52.0 Å². The van der Waals surface area contributed by atoms with Gasteiger partial charge < -0.3 is 10.1 Å². The Labute approximate surface area is 253 Å². The van der Waals surface area contributed by atoms with Gasteiger partial charge in [0.2, 0.25) is 0 Å². The SMILES string of the molecule is CCc1nc(NC(=O)N[C@H]2CC[C@@H](Oc3ccc4nnc([C@]5(C)CCCN5C)n4c3)c3ccccc32)cc(C(C)(C)C)n1. The summed E-state index contributed by atoms with van der Waals surface area (Å²) in [5.74, 6) is 2.94. The van der Waals surface area contributed by atoms with E-state index in [4.69, 9.17) is 4.74 Å². The number of hydrogen-bond donors (Lipinski definition) is 2.